The van der Waals surface area contributed by atoms with Crippen LogP contribution in [-0.2, 0) is 4.79 Å². The van der Waals surface area contributed by atoms with Crippen molar-refractivity contribution in [1.29, 1.82) is 0 Å². The Morgan fingerprint density at radius 3 is 2.58 bits per heavy atom. The third-order valence-electron chi connectivity index (χ3n) is 3.67. The second-order valence-corrected chi connectivity index (χ2v) is 5.16. The number of carbonyl (C=O) groups excluding carboxylic acids is 1. The van der Waals surface area contributed by atoms with Crippen LogP contribution in [0.4, 0.5) is 11.4 Å². The van der Waals surface area contributed by atoms with Crippen molar-refractivity contribution in [2.75, 3.05) is 36.8 Å². The fourth-order valence-corrected chi connectivity index (χ4v) is 2.54. The number of hydrogen-bond acceptors (Lipinski definition) is 3. The van der Waals surface area contributed by atoms with Gasteiger partial charge in [-0.3, -0.25) is 4.79 Å². The first-order chi connectivity index (χ1) is 9.11. The van der Waals surface area contributed by atoms with Gasteiger partial charge in [-0.2, -0.15) is 0 Å². The smallest absolute Gasteiger partial charge is 0.222 e. The number of benzene rings is 1. The van der Waals surface area contributed by atoms with Crippen LogP contribution in [0.25, 0.3) is 0 Å². The highest BCUT2D eigenvalue weighted by atomic mass is 16.2. The van der Waals surface area contributed by atoms with E-state index in [-0.39, 0.29) is 5.91 Å². The highest BCUT2D eigenvalue weighted by Crippen LogP contribution is 2.24. The summed E-state index contributed by atoms with van der Waals surface area (Å²) in [5, 5.41) is 0. The summed E-state index contributed by atoms with van der Waals surface area (Å²) in [7, 11) is 0. The Kier molecular flexibility index (Phi) is 4.30. The molecule has 2 rings (SSSR count). The van der Waals surface area contributed by atoms with Crippen LogP contribution in [0.2, 0.25) is 0 Å². The van der Waals surface area contributed by atoms with Crippen molar-refractivity contribution in [3.63, 3.8) is 0 Å². The maximum atomic E-state index is 11.8. The second-order valence-electron chi connectivity index (χ2n) is 5.16. The highest BCUT2D eigenvalue weighted by Gasteiger charge is 2.21. The fraction of sp³-hybridized carbons (Fsp3) is 0.533. The van der Waals surface area contributed by atoms with Gasteiger partial charge in [-0.1, -0.05) is 13.0 Å². The molecular weight excluding hydrogens is 238 g/mol. The van der Waals surface area contributed by atoms with Crippen LogP contribution in [0.5, 0.6) is 0 Å². The summed E-state index contributed by atoms with van der Waals surface area (Å²) in [6.07, 6.45) is 1.59. The Morgan fingerprint density at radius 2 is 1.95 bits per heavy atom. The molecule has 0 saturated carbocycles. The van der Waals surface area contributed by atoms with Gasteiger partial charge in [-0.15, -0.1) is 0 Å². The van der Waals surface area contributed by atoms with E-state index in [4.69, 9.17) is 5.73 Å². The number of aryl methyl sites for hydroxylation is 1. The molecule has 0 aliphatic carbocycles. The Hall–Kier alpha value is -1.71. The molecule has 4 heteroatoms. The number of nitrogen functional groups attached to an aromatic ring is 1. The molecule has 1 fully saturated rings. The lowest BCUT2D eigenvalue weighted by Gasteiger charge is -2.37. The zero-order valence-electron chi connectivity index (χ0n) is 11.9. The summed E-state index contributed by atoms with van der Waals surface area (Å²) in [6, 6.07) is 6.01. The molecule has 0 unspecified atom stereocenters. The predicted molar refractivity (Wildman–Crippen MR) is 79.3 cm³/mol. The topological polar surface area (TPSA) is 49.6 Å². The number of amides is 1. The van der Waals surface area contributed by atoms with Crippen molar-refractivity contribution in [3.05, 3.63) is 23.8 Å². The fourth-order valence-electron chi connectivity index (χ4n) is 2.54. The van der Waals surface area contributed by atoms with Gasteiger partial charge in [0.2, 0.25) is 5.91 Å². The average molecular weight is 261 g/mol. The van der Waals surface area contributed by atoms with Crippen LogP contribution < -0.4 is 10.6 Å². The Morgan fingerprint density at radius 1 is 1.26 bits per heavy atom. The molecule has 1 aromatic rings. The Bertz CT molecular complexity index is 451. The van der Waals surface area contributed by atoms with Gasteiger partial charge < -0.3 is 15.5 Å². The van der Waals surface area contributed by atoms with Crippen molar-refractivity contribution in [2.24, 2.45) is 0 Å². The van der Waals surface area contributed by atoms with Crippen LogP contribution in [0.3, 0.4) is 0 Å². The van der Waals surface area contributed by atoms with E-state index in [0.29, 0.717) is 6.42 Å². The molecule has 1 heterocycles. The molecule has 104 valence electrons. The Labute approximate surface area is 115 Å². The summed E-state index contributed by atoms with van der Waals surface area (Å²) >= 11 is 0. The van der Waals surface area contributed by atoms with Gasteiger partial charge in [0.05, 0.1) is 0 Å². The van der Waals surface area contributed by atoms with Crippen LogP contribution in [0.1, 0.15) is 25.3 Å². The van der Waals surface area contributed by atoms with Gasteiger partial charge in [0, 0.05) is 44.0 Å². The lowest BCUT2D eigenvalue weighted by atomic mass is 10.1. The van der Waals surface area contributed by atoms with E-state index in [1.165, 1.54) is 11.3 Å². The zero-order valence-corrected chi connectivity index (χ0v) is 11.9. The van der Waals surface area contributed by atoms with Gasteiger partial charge in [0.1, 0.15) is 0 Å². The van der Waals surface area contributed by atoms with E-state index in [1.54, 1.807) is 0 Å². The maximum Gasteiger partial charge on any atom is 0.222 e. The first-order valence-electron chi connectivity index (χ1n) is 7.00. The molecule has 0 aromatic heterocycles. The molecule has 19 heavy (non-hydrogen) atoms. The van der Waals surface area contributed by atoms with Gasteiger partial charge in [-0.05, 0) is 31.0 Å². The van der Waals surface area contributed by atoms with Gasteiger partial charge in [0.25, 0.3) is 0 Å². The Balaban J connectivity index is 2.00. The van der Waals surface area contributed by atoms with Crippen LogP contribution in [0, 0.1) is 6.92 Å². The summed E-state index contributed by atoms with van der Waals surface area (Å²) < 4.78 is 0. The number of nitrogens with zero attached hydrogens (tertiary/aromatic N) is 2. The monoisotopic (exact) mass is 261 g/mol. The van der Waals surface area contributed by atoms with Crippen molar-refractivity contribution in [3.8, 4) is 0 Å². The highest BCUT2D eigenvalue weighted by molar-refractivity contribution is 5.76. The third-order valence-corrected chi connectivity index (χ3v) is 3.67. The molecule has 1 amide bonds. The standard InChI is InChI=1S/C15H23N3O/c1-3-4-15(19)18-9-7-17(8-10-18)14-11-13(16)6-5-12(14)2/h5-6,11H,3-4,7-10,16H2,1-2H3. The number of hydrogen-bond donors (Lipinski definition) is 1. The lowest BCUT2D eigenvalue weighted by molar-refractivity contribution is -0.131. The third kappa shape index (κ3) is 3.19. The minimum atomic E-state index is 0.284. The largest absolute Gasteiger partial charge is 0.399 e. The van der Waals surface area contributed by atoms with Crippen molar-refractivity contribution in [1.82, 2.24) is 4.90 Å². The molecule has 1 aliphatic rings. The van der Waals surface area contributed by atoms with E-state index in [0.717, 1.165) is 38.3 Å². The van der Waals surface area contributed by atoms with Crippen molar-refractivity contribution in [2.45, 2.75) is 26.7 Å². The zero-order chi connectivity index (χ0) is 13.8. The molecule has 1 aliphatic heterocycles. The van der Waals surface area contributed by atoms with Gasteiger partial charge in [0.15, 0.2) is 0 Å². The molecule has 4 nitrogen and oxygen atoms in total. The van der Waals surface area contributed by atoms with E-state index in [9.17, 15) is 4.79 Å². The number of carbonyl (C=O) groups is 1. The average Bonchev–Trinajstić information content (AvgIpc) is 2.42. The van der Waals surface area contributed by atoms with E-state index in [2.05, 4.69) is 17.9 Å². The second kappa shape index (κ2) is 5.95. The lowest BCUT2D eigenvalue weighted by Crippen LogP contribution is -2.48. The summed E-state index contributed by atoms with van der Waals surface area (Å²) in [6.45, 7) is 7.55. The van der Waals surface area contributed by atoms with E-state index >= 15 is 0 Å². The summed E-state index contributed by atoms with van der Waals surface area (Å²) in [5.74, 6) is 0.284. The molecular formula is C15H23N3O. The van der Waals surface area contributed by atoms with Crippen molar-refractivity contribution < 1.29 is 4.79 Å². The van der Waals surface area contributed by atoms with Crippen LogP contribution in [0.15, 0.2) is 18.2 Å². The SMILES string of the molecule is CCCC(=O)N1CCN(c2cc(N)ccc2C)CC1. The normalized spacial score (nSPS) is 15.7. The number of piperazine rings is 1. The number of rotatable bonds is 3. The molecule has 2 N–H and O–H groups in total. The molecule has 0 atom stereocenters. The van der Waals surface area contributed by atoms with E-state index < -0.39 is 0 Å². The minimum absolute atomic E-state index is 0.284. The molecule has 0 bridgehead atoms. The number of nitrogens with two attached hydrogens (primary N) is 1. The van der Waals surface area contributed by atoms with Gasteiger partial charge in [-0.25, -0.2) is 0 Å². The van der Waals surface area contributed by atoms with Crippen molar-refractivity contribution >= 4 is 17.3 Å². The minimum Gasteiger partial charge on any atom is -0.399 e. The molecule has 0 radical (unpaired) electrons. The quantitative estimate of drug-likeness (QED) is 0.847. The maximum absolute atomic E-state index is 11.8. The van der Waals surface area contributed by atoms with E-state index in [1.807, 2.05) is 24.0 Å². The van der Waals surface area contributed by atoms with Crippen LogP contribution in [-0.4, -0.2) is 37.0 Å². The van der Waals surface area contributed by atoms with Gasteiger partial charge >= 0.3 is 0 Å². The first kappa shape index (κ1) is 13.7. The molecule has 0 spiro atoms. The summed E-state index contributed by atoms with van der Waals surface area (Å²) in [5.41, 5.74) is 9.09. The number of anilines is 2. The molecule has 1 saturated heterocycles. The van der Waals surface area contributed by atoms with Crippen LogP contribution >= 0.6 is 0 Å². The summed E-state index contributed by atoms with van der Waals surface area (Å²) in [4.78, 5) is 16.1. The molecule has 1 aromatic carbocycles. The predicted octanol–water partition coefficient (Wildman–Crippen LogP) is 2.03. The first-order valence-corrected chi connectivity index (χ1v) is 7.00.